The molecule has 1 aromatic heterocycles. The monoisotopic (exact) mass is 474 g/mol. The van der Waals surface area contributed by atoms with Crippen molar-refractivity contribution in [3.63, 3.8) is 0 Å². The number of halogens is 1. The number of pyridine rings is 1. The summed E-state index contributed by atoms with van der Waals surface area (Å²) in [6.45, 7) is 8.34. The maximum atomic E-state index is 13.0. The number of rotatable bonds is 7. The number of aliphatic hydroxyl groups is 1. The molecule has 1 unspecified atom stereocenters. The second-order valence-corrected chi connectivity index (χ2v) is 8.85. The van der Waals surface area contributed by atoms with Gasteiger partial charge in [-0.15, -0.1) is 0 Å². The summed E-state index contributed by atoms with van der Waals surface area (Å²) < 4.78 is 5.63. The van der Waals surface area contributed by atoms with Gasteiger partial charge in [-0.2, -0.15) is 0 Å². The van der Waals surface area contributed by atoms with Crippen LogP contribution in [0.25, 0.3) is 0 Å². The van der Waals surface area contributed by atoms with Crippen molar-refractivity contribution in [3.8, 4) is 0 Å². The second-order valence-electron chi connectivity index (χ2n) is 7.93. The number of aromatic nitrogens is 1. The van der Waals surface area contributed by atoms with Crippen molar-refractivity contribution in [1.82, 2.24) is 4.98 Å². The van der Waals surface area contributed by atoms with Crippen molar-refractivity contribution >= 4 is 33.5 Å². The predicted octanol–water partition coefficient (Wildman–Crippen LogP) is 4.42. The molecule has 0 saturated heterocycles. The Kier molecular flexibility index (Phi) is 8.32. The first-order chi connectivity index (χ1) is 14.1. The first-order valence-electron chi connectivity index (χ1n) is 9.67. The molecule has 1 N–H and O–H groups in total. The SMILES string of the molecule is CCOC(=O)C=CC(=O)N(CC(C)(C)C)c1ccc(Br)cc1C(O)c1ccccn1. The van der Waals surface area contributed by atoms with E-state index in [1.165, 1.54) is 6.08 Å². The normalized spacial score (nSPS) is 12.6. The minimum absolute atomic E-state index is 0.228. The highest BCUT2D eigenvalue weighted by Crippen LogP contribution is 2.34. The van der Waals surface area contributed by atoms with Crippen LogP contribution in [0.5, 0.6) is 0 Å². The fourth-order valence-electron chi connectivity index (χ4n) is 2.86. The van der Waals surface area contributed by atoms with E-state index in [9.17, 15) is 14.7 Å². The molecule has 2 aromatic rings. The highest BCUT2D eigenvalue weighted by molar-refractivity contribution is 9.10. The summed E-state index contributed by atoms with van der Waals surface area (Å²) in [4.78, 5) is 30.5. The summed E-state index contributed by atoms with van der Waals surface area (Å²) in [7, 11) is 0. The molecule has 160 valence electrons. The number of carbonyl (C=O) groups is 2. The second kappa shape index (κ2) is 10.5. The van der Waals surface area contributed by atoms with Crippen molar-refractivity contribution in [1.29, 1.82) is 0 Å². The van der Waals surface area contributed by atoms with Crippen molar-refractivity contribution in [2.45, 2.75) is 33.8 Å². The molecular formula is C23H27BrN2O4. The number of nitrogens with zero attached hydrogens (tertiary/aromatic N) is 2. The molecule has 0 aliphatic heterocycles. The van der Waals surface area contributed by atoms with Crippen molar-refractivity contribution in [3.05, 3.63) is 70.5 Å². The summed E-state index contributed by atoms with van der Waals surface area (Å²) >= 11 is 3.44. The Morgan fingerprint density at radius 2 is 1.97 bits per heavy atom. The molecule has 1 heterocycles. The molecule has 6 nitrogen and oxygen atoms in total. The largest absolute Gasteiger partial charge is 0.463 e. The summed E-state index contributed by atoms with van der Waals surface area (Å²) in [5.41, 5.74) is 1.32. The van der Waals surface area contributed by atoms with Crippen LogP contribution < -0.4 is 4.90 Å². The minimum atomic E-state index is -1.02. The highest BCUT2D eigenvalue weighted by atomic mass is 79.9. The van der Waals surface area contributed by atoms with E-state index < -0.39 is 12.1 Å². The number of carbonyl (C=O) groups excluding carboxylic acids is 2. The van der Waals surface area contributed by atoms with E-state index in [1.807, 2.05) is 26.8 Å². The van der Waals surface area contributed by atoms with Crippen LogP contribution in [0.2, 0.25) is 0 Å². The van der Waals surface area contributed by atoms with Gasteiger partial charge in [0.25, 0.3) is 5.91 Å². The Bertz CT molecular complexity index is 907. The van der Waals surface area contributed by atoms with E-state index in [1.54, 1.807) is 48.4 Å². The summed E-state index contributed by atoms with van der Waals surface area (Å²) in [6.07, 6.45) is 2.90. The van der Waals surface area contributed by atoms with Gasteiger partial charge in [0.2, 0.25) is 0 Å². The number of anilines is 1. The fraction of sp³-hybridized carbons (Fsp3) is 0.348. The Morgan fingerprint density at radius 3 is 2.57 bits per heavy atom. The third kappa shape index (κ3) is 6.78. The fourth-order valence-corrected chi connectivity index (χ4v) is 3.24. The third-order valence-electron chi connectivity index (χ3n) is 4.09. The lowest BCUT2D eigenvalue weighted by molar-refractivity contribution is -0.137. The third-order valence-corrected chi connectivity index (χ3v) is 4.58. The molecule has 0 radical (unpaired) electrons. The summed E-state index contributed by atoms with van der Waals surface area (Å²) in [5.74, 6) is -0.958. The summed E-state index contributed by atoms with van der Waals surface area (Å²) in [5, 5.41) is 11.0. The molecule has 0 aliphatic carbocycles. The molecule has 1 aromatic carbocycles. The van der Waals surface area contributed by atoms with E-state index in [0.29, 0.717) is 23.5 Å². The standard InChI is InChI=1S/C23H27BrN2O4/c1-5-30-21(28)12-11-20(27)26(15-23(2,3)4)19-10-9-16(24)14-17(19)22(29)18-8-6-7-13-25-18/h6-14,22,29H,5,15H2,1-4H3. The van der Waals surface area contributed by atoms with Gasteiger partial charge in [-0.3, -0.25) is 9.78 Å². The molecule has 0 spiro atoms. The molecule has 0 saturated carbocycles. The van der Waals surface area contributed by atoms with E-state index >= 15 is 0 Å². The molecule has 0 bridgehead atoms. The zero-order valence-electron chi connectivity index (χ0n) is 17.6. The van der Waals surface area contributed by atoms with Crippen molar-refractivity contribution < 1.29 is 19.4 Å². The van der Waals surface area contributed by atoms with Crippen LogP contribution in [0, 0.1) is 5.41 Å². The van der Waals surface area contributed by atoms with Gasteiger partial charge < -0.3 is 14.7 Å². The lowest BCUT2D eigenvalue weighted by Crippen LogP contribution is -2.38. The van der Waals surface area contributed by atoms with Crippen LogP contribution in [-0.2, 0) is 14.3 Å². The van der Waals surface area contributed by atoms with Gasteiger partial charge in [0, 0.05) is 34.9 Å². The van der Waals surface area contributed by atoms with E-state index in [-0.39, 0.29) is 17.9 Å². The van der Waals surface area contributed by atoms with Crippen molar-refractivity contribution in [2.75, 3.05) is 18.1 Å². The molecular weight excluding hydrogens is 448 g/mol. The zero-order valence-corrected chi connectivity index (χ0v) is 19.2. The van der Waals surface area contributed by atoms with Gasteiger partial charge >= 0.3 is 5.97 Å². The average molecular weight is 475 g/mol. The lowest BCUT2D eigenvalue weighted by Gasteiger charge is -2.31. The molecule has 0 fully saturated rings. The van der Waals surface area contributed by atoms with Crippen LogP contribution >= 0.6 is 15.9 Å². The van der Waals surface area contributed by atoms with Crippen LogP contribution in [0.15, 0.2) is 59.2 Å². The van der Waals surface area contributed by atoms with E-state index in [0.717, 1.165) is 10.5 Å². The Balaban J connectivity index is 2.50. The van der Waals surface area contributed by atoms with Crippen molar-refractivity contribution in [2.24, 2.45) is 5.41 Å². The van der Waals surface area contributed by atoms with Crippen LogP contribution in [0.4, 0.5) is 5.69 Å². The number of hydrogen-bond acceptors (Lipinski definition) is 5. The number of esters is 1. The number of benzene rings is 1. The lowest BCUT2D eigenvalue weighted by atomic mass is 9.94. The van der Waals surface area contributed by atoms with Gasteiger partial charge in [0.15, 0.2) is 0 Å². The zero-order chi connectivity index (χ0) is 22.3. The first-order valence-corrected chi connectivity index (χ1v) is 10.5. The molecule has 1 atom stereocenters. The van der Waals surface area contributed by atoms with Gasteiger partial charge in [-0.1, -0.05) is 42.8 Å². The molecule has 1 amide bonds. The number of hydrogen-bond donors (Lipinski definition) is 1. The Labute approximate surface area is 185 Å². The van der Waals surface area contributed by atoms with Gasteiger partial charge in [-0.05, 0) is 42.7 Å². The van der Waals surface area contributed by atoms with E-state index in [4.69, 9.17) is 4.74 Å². The maximum Gasteiger partial charge on any atom is 0.330 e. The minimum Gasteiger partial charge on any atom is -0.463 e. The average Bonchev–Trinajstić information content (AvgIpc) is 2.70. The number of aliphatic hydroxyl groups excluding tert-OH is 1. The first kappa shape index (κ1) is 23.8. The molecule has 0 aliphatic rings. The maximum absolute atomic E-state index is 13.0. The van der Waals surface area contributed by atoms with Crippen LogP contribution in [0.3, 0.4) is 0 Å². The van der Waals surface area contributed by atoms with Gasteiger partial charge in [0.05, 0.1) is 18.0 Å². The Hall–Kier alpha value is -2.51. The number of amides is 1. The Morgan fingerprint density at radius 1 is 1.23 bits per heavy atom. The molecule has 2 rings (SSSR count). The number of ether oxygens (including phenoxy) is 1. The van der Waals surface area contributed by atoms with Gasteiger partial charge in [-0.25, -0.2) is 4.79 Å². The molecule has 30 heavy (non-hydrogen) atoms. The van der Waals surface area contributed by atoms with Gasteiger partial charge in [0.1, 0.15) is 6.10 Å². The van der Waals surface area contributed by atoms with Crippen LogP contribution in [-0.4, -0.2) is 35.1 Å². The molecule has 7 heteroatoms. The summed E-state index contributed by atoms with van der Waals surface area (Å²) in [6, 6.07) is 10.6. The highest BCUT2D eigenvalue weighted by Gasteiger charge is 2.26. The smallest absolute Gasteiger partial charge is 0.330 e. The quantitative estimate of drug-likeness (QED) is 0.474. The predicted molar refractivity (Wildman–Crippen MR) is 120 cm³/mol. The van der Waals surface area contributed by atoms with E-state index in [2.05, 4.69) is 20.9 Å². The van der Waals surface area contributed by atoms with Crippen LogP contribution in [0.1, 0.15) is 45.1 Å². The topological polar surface area (TPSA) is 79.7 Å².